The molecule has 2 aromatic carbocycles. The van der Waals surface area contributed by atoms with Crippen LogP contribution in [-0.4, -0.2) is 26.8 Å². The maximum atomic E-state index is 11.7. The van der Waals surface area contributed by atoms with E-state index in [-0.39, 0.29) is 17.9 Å². The molecule has 9 heteroatoms. The van der Waals surface area contributed by atoms with Gasteiger partial charge < -0.3 is 25.5 Å². The summed E-state index contributed by atoms with van der Waals surface area (Å²) in [6, 6.07) is 12.7. The minimum Gasteiger partial charge on any atom is -0.482 e. The van der Waals surface area contributed by atoms with E-state index in [0.29, 0.717) is 41.5 Å². The maximum Gasteiger partial charge on any atom is 0.248 e. The number of rotatable bonds is 4. The number of anilines is 1. The Bertz CT molecular complexity index is 1480. The smallest absolute Gasteiger partial charge is 0.248 e. The lowest BCUT2D eigenvalue weighted by Crippen LogP contribution is -2.20. The average molecular weight is 455 g/mol. The first-order valence-electron chi connectivity index (χ1n) is 11.0. The van der Waals surface area contributed by atoms with Crippen molar-refractivity contribution >= 4 is 28.7 Å². The Kier molecular flexibility index (Phi) is 4.51. The summed E-state index contributed by atoms with van der Waals surface area (Å²) in [5, 5.41) is 2.79. The SMILES string of the molecule is CC1c2cc(Oc3ccnc4c3CCC(=O)N4)ccc2OC1c1nc2ccc(C(N)=O)cc2[nH]1. The van der Waals surface area contributed by atoms with Crippen molar-refractivity contribution in [3.05, 3.63) is 71.2 Å². The van der Waals surface area contributed by atoms with Gasteiger partial charge in [0, 0.05) is 35.2 Å². The van der Waals surface area contributed by atoms with Gasteiger partial charge in [-0.05, 0) is 48.9 Å². The first kappa shape index (κ1) is 20.2. The summed E-state index contributed by atoms with van der Waals surface area (Å²) in [6.45, 7) is 2.08. The van der Waals surface area contributed by atoms with Crippen LogP contribution in [0.25, 0.3) is 11.0 Å². The fraction of sp³-hybridized carbons (Fsp3) is 0.200. The molecule has 0 bridgehead atoms. The van der Waals surface area contributed by atoms with Gasteiger partial charge in [0.1, 0.15) is 28.9 Å². The van der Waals surface area contributed by atoms with Crippen LogP contribution in [0, 0.1) is 0 Å². The summed E-state index contributed by atoms with van der Waals surface area (Å²) in [5.74, 6) is 2.85. The summed E-state index contributed by atoms with van der Waals surface area (Å²) < 4.78 is 12.4. The van der Waals surface area contributed by atoms with Crippen LogP contribution in [-0.2, 0) is 11.2 Å². The number of imidazole rings is 1. The molecule has 2 amide bonds. The number of primary amides is 1. The molecule has 0 aliphatic carbocycles. The van der Waals surface area contributed by atoms with Gasteiger partial charge in [-0.25, -0.2) is 9.97 Å². The summed E-state index contributed by atoms with van der Waals surface area (Å²) in [6.07, 6.45) is 2.31. The number of aromatic amines is 1. The minimum absolute atomic E-state index is 0.0142. The Balaban J connectivity index is 1.27. The van der Waals surface area contributed by atoms with Gasteiger partial charge in [0.25, 0.3) is 0 Å². The van der Waals surface area contributed by atoms with Gasteiger partial charge in [0.15, 0.2) is 6.10 Å². The number of carbonyl (C=O) groups is 2. The van der Waals surface area contributed by atoms with Crippen molar-refractivity contribution in [2.24, 2.45) is 5.73 Å². The number of nitrogens with two attached hydrogens (primary N) is 1. The molecule has 0 spiro atoms. The van der Waals surface area contributed by atoms with E-state index < -0.39 is 5.91 Å². The van der Waals surface area contributed by atoms with Crippen LogP contribution >= 0.6 is 0 Å². The Morgan fingerprint density at radius 1 is 1.18 bits per heavy atom. The van der Waals surface area contributed by atoms with Crippen molar-refractivity contribution in [3.63, 3.8) is 0 Å². The zero-order chi connectivity index (χ0) is 23.4. The van der Waals surface area contributed by atoms with E-state index in [0.717, 1.165) is 27.9 Å². The highest BCUT2D eigenvalue weighted by atomic mass is 16.5. The molecule has 2 aliphatic rings. The quantitative estimate of drug-likeness (QED) is 0.427. The number of nitrogens with one attached hydrogen (secondary N) is 2. The lowest BCUT2D eigenvalue weighted by atomic mass is 9.97. The van der Waals surface area contributed by atoms with Crippen LogP contribution in [0.3, 0.4) is 0 Å². The number of H-pyrrole nitrogens is 1. The lowest BCUT2D eigenvalue weighted by molar-refractivity contribution is -0.116. The van der Waals surface area contributed by atoms with Crippen molar-refractivity contribution < 1.29 is 19.1 Å². The van der Waals surface area contributed by atoms with Crippen LogP contribution in [0.5, 0.6) is 17.2 Å². The Labute approximate surface area is 194 Å². The molecule has 4 heterocycles. The highest BCUT2D eigenvalue weighted by Gasteiger charge is 2.35. The van der Waals surface area contributed by atoms with E-state index in [1.54, 1.807) is 30.5 Å². The van der Waals surface area contributed by atoms with E-state index in [9.17, 15) is 9.59 Å². The molecule has 2 aromatic heterocycles. The summed E-state index contributed by atoms with van der Waals surface area (Å²) in [7, 11) is 0. The number of pyridine rings is 1. The summed E-state index contributed by atoms with van der Waals surface area (Å²) >= 11 is 0. The Hall–Kier alpha value is -4.40. The molecule has 4 aromatic rings. The largest absolute Gasteiger partial charge is 0.482 e. The minimum atomic E-state index is -0.485. The van der Waals surface area contributed by atoms with Gasteiger partial charge in [0.2, 0.25) is 11.8 Å². The fourth-order valence-corrected chi connectivity index (χ4v) is 4.54. The topological polar surface area (TPSA) is 132 Å². The van der Waals surface area contributed by atoms with Crippen LogP contribution in [0.1, 0.15) is 52.7 Å². The molecule has 0 saturated carbocycles. The fourth-order valence-electron chi connectivity index (χ4n) is 4.54. The highest BCUT2D eigenvalue weighted by molar-refractivity contribution is 5.96. The molecular weight excluding hydrogens is 434 g/mol. The lowest BCUT2D eigenvalue weighted by Gasteiger charge is -2.19. The van der Waals surface area contributed by atoms with Crippen molar-refractivity contribution in [1.29, 1.82) is 0 Å². The molecule has 0 radical (unpaired) electrons. The third-order valence-electron chi connectivity index (χ3n) is 6.33. The van der Waals surface area contributed by atoms with Gasteiger partial charge in [0.05, 0.1) is 11.0 Å². The van der Waals surface area contributed by atoms with E-state index in [1.165, 1.54) is 0 Å². The number of hydrogen-bond acceptors (Lipinski definition) is 6. The van der Waals surface area contributed by atoms with Gasteiger partial charge in [-0.1, -0.05) is 6.92 Å². The van der Waals surface area contributed by atoms with Gasteiger partial charge in [-0.15, -0.1) is 0 Å². The number of benzene rings is 2. The van der Waals surface area contributed by atoms with E-state index >= 15 is 0 Å². The molecule has 2 aliphatic heterocycles. The second-order valence-electron chi connectivity index (χ2n) is 8.53. The standard InChI is InChI=1S/C25H21N5O4/c1-12-16-11-14(33-20-8-9-27-24-15(20)4-7-21(31)30-24)3-6-19(16)34-22(12)25-28-17-5-2-13(23(26)32)10-18(17)29-25/h2-3,5-6,8-12,22H,4,7H2,1H3,(H2,26,32)(H,28,29)(H,27,30,31). The first-order valence-corrected chi connectivity index (χ1v) is 11.0. The first-order chi connectivity index (χ1) is 16.5. The monoisotopic (exact) mass is 455 g/mol. The molecule has 0 fully saturated rings. The van der Waals surface area contributed by atoms with Crippen molar-refractivity contribution in [2.75, 3.05) is 5.32 Å². The molecule has 2 atom stereocenters. The zero-order valence-corrected chi connectivity index (χ0v) is 18.3. The van der Waals surface area contributed by atoms with E-state index in [4.69, 9.17) is 15.2 Å². The second kappa shape index (κ2) is 7.58. The van der Waals surface area contributed by atoms with Gasteiger partial charge >= 0.3 is 0 Å². The Morgan fingerprint density at radius 2 is 2.06 bits per heavy atom. The highest BCUT2D eigenvalue weighted by Crippen LogP contribution is 2.47. The number of hydrogen-bond donors (Lipinski definition) is 3. The van der Waals surface area contributed by atoms with Crippen LogP contribution in [0.15, 0.2) is 48.7 Å². The zero-order valence-electron chi connectivity index (χ0n) is 18.3. The van der Waals surface area contributed by atoms with E-state index in [1.807, 2.05) is 18.2 Å². The molecule has 34 heavy (non-hydrogen) atoms. The van der Waals surface area contributed by atoms with Crippen molar-refractivity contribution in [3.8, 4) is 17.2 Å². The maximum absolute atomic E-state index is 11.7. The third kappa shape index (κ3) is 3.33. The summed E-state index contributed by atoms with van der Waals surface area (Å²) in [4.78, 5) is 35.4. The number of fused-ring (bicyclic) bond motifs is 3. The normalized spacial score (nSPS) is 18.7. The van der Waals surface area contributed by atoms with Crippen LogP contribution in [0.2, 0.25) is 0 Å². The molecule has 6 rings (SSSR count). The van der Waals surface area contributed by atoms with Crippen LogP contribution < -0.4 is 20.5 Å². The Morgan fingerprint density at radius 3 is 2.91 bits per heavy atom. The second-order valence-corrected chi connectivity index (χ2v) is 8.53. The number of aromatic nitrogens is 3. The molecule has 170 valence electrons. The van der Waals surface area contributed by atoms with Crippen molar-refractivity contribution in [2.45, 2.75) is 31.8 Å². The number of ether oxygens (including phenoxy) is 2. The third-order valence-corrected chi connectivity index (χ3v) is 6.33. The van der Waals surface area contributed by atoms with E-state index in [2.05, 4.69) is 27.2 Å². The molecular formula is C25H21N5O4. The molecule has 9 nitrogen and oxygen atoms in total. The van der Waals surface area contributed by atoms with Crippen molar-refractivity contribution in [1.82, 2.24) is 15.0 Å². The number of carbonyl (C=O) groups excluding carboxylic acids is 2. The average Bonchev–Trinajstić information content (AvgIpc) is 3.39. The van der Waals surface area contributed by atoms with Gasteiger partial charge in [-0.3, -0.25) is 9.59 Å². The molecule has 2 unspecified atom stereocenters. The van der Waals surface area contributed by atoms with Crippen LogP contribution in [0.4, 0.5) is 5.82 Å². The predicted molar refractivity (Wildman–Crippen MR) is 124 cm³/mol. The van der Waals surface area contributed by atoms with Gasteiger partial charge in [-0.2, -0.15) is 0 Å². The molecule has 0 saturated heterocycles. The molecule has 4 N–H and O–H groups in total. The summed E-state index contributed by atoms with van der Waals surface area (Å²) in [5.41, 5.74) is 9.19. The number of nitrogens with zero attached hydrogens (tertiary/aromatic N) is 2. The predicted octanol–water partition coefficient (Wildman–Crippen LogP) is 3.97. The number of amides is 2.